The Kier molecular flexibility index (Phi) is 9.55. The van der Waals surface area contributed by atoms with Crippen LogP contribution in [-0.2, 0) is 22.6 Å². The van der Waals surface area contributed by atoms with Gasteiger partial charge in [-0.2, -0.15) is 0 Å². The first kappa shape index (κ1) is 26.6. The van der Waals surface area contributed by atoms with Crippen molar-refractivity contribution in [3.8, 4) is 0 Å². The Labute approximate surface area is 214 Å². The Hall–Kier alpha value is -3.05. The number of nitrogens with one attached hydrogen (secondary N) is 1. The van der Waals surface area contributed by atoms with E-state index in [0.29, 0.717) is 25.1 Å². The van der Waals surface area contributed by atoms with Gasteiger partial charge in [0, 0.05) is 35.6 Å². The Bertz CT molecular complexity index is 1080. The fraction of sp³-hybridized carbons (Fsp3) is 0.333. The van der Waals surface area contributed by atoms with E-state index in [0.717, 1.165) is 16.0 Å². The molecule has 5 heteroatoms. The molecule has 0 aliphatic heterocycles. The van der Waals surface area contributed by atoms with Crippen molar-refractivity contribution in [1.29, 1.82) is 0 Å². The first-order valence-electron chi connectivity index (χ1n) is 12.1. The van der Waals surface area contributed by atoms with Crippen LogP contribution in [0.4, 0.5) is 0 Å². The summed E-state index contributed by atoms with van der Waals surface area (Å²) in [5.74, 6) is 0.516. The van der Waals surface area contributed by atoms with Gasteiger partial charge in [-0.05, 0) is 51.0 Å². The quantitative estimate of drug-likeness (QED) is 0.354. The molecule has 1 N–H and O–H groups in total. The van der Waals surface area contributed by atoms with Gasteiger partial charge in [0.1, 0.15) is 6.04 Å². The number of carbonyl (C=O) groups is 2. The average Bonchev–Trinajstić information content (AvgIpc) is 2.82. The van der Waals surface area contributed by atoms with Crippen LogP contribution in [-0.4, -0.2) is 34.0 Å². The molecule has 3 rings (SSSR count). The number of thioether (sulfide) groups is 1. The monoisotopic (exact) mass is 488 g/mol. The summed E-state index contributed by atoms with van der Waals surface area (Å²) in [6.45, 7) is 8.35. The second-order valence-electron chi connectivity index (χ2n) is 9.86. The van der Waals surface area contributed by atoms with Gasteiger partial charge in [-0.3, -0.25) is 9.59 Å². The molecule has 0 spiro atoms. The predicted molar refractivity (Wildman–Crippen MR) is 145 cm³/mol. The highest BCUT2D eigenvalue weighted by molar-refractivity contribution is 7.99. The number of rotatable bonds is 10. The van der Waals surface area contributed by atoms with Crippen molar-refractivity contribution in [2.75, 3.05) is 5.75 Å². The number of benzene rings is 3. The minimum atomic E-state index is -0.603. The van der Waals surface area contributed by atoms with E-state index in [2.05, 4.69) is 36.5 Å². The number of nitrogens with zero attached hydrogens (tertiary/aromatic N) is 1. The Morgan fingerprint density at radius 3 is 2.00 bits per heavy atom. The van der Waals surface area contributed by atoms with Crippen molar-refractivity contribution < 1.29 is 9.59 Å². The molecular formula is C30H36N2O2S. The van der Waals surface area contributed by atoms with Gasteiger partial charge in [-0.25, -0.2) is 0 Å². The molecule has 2 amide bonds. The molecule has 0 saturated heterocycles. The summed E-state index contributed by atoms with van der Waals surface area (Å²) in [5, 5.41) is 3.11. The van der Waals surface area contributed by atoms with Crippen LogP contribution in [0.5, 0.6) is 0 Å². The molecule has 0 heterocycles. The lowest BCUT2D eigenvalue weighted by Crippen LogP contribution is -2.54. The van der Waals surface area contributed by atoms with Crippen molar-refractivity contribution in [3.63, 3.8) is 0 Å². The van der Waals surface area contributed by atoms with Gasteiger partial charge in [0.05, 0.1) is 0 Å². The first-order chi connectivity index (χ1) is 16.7. The van der Waals surface area contributed by atoms with Crippen LogP contribution in [0.1, 0.15) is 43.9 Å². The standard InChI is InChI=1S/C30H36N2O2S/c1-23-15-17-26(18-16-23)35-20-19-28(33)32(22-25-13-9-6-10-14-25)27(29(34)31-30(2,3)4)21-24-11-7-5-8-12-24/h5-18,27H,19-22H2,1-4H3,(H,31,34). The largest absolute Gasteiger partial charge is 0.350 e. The number of hydrogen-bond acceptors (Lipinski definition) is 3. The number of hydrogen-bond donors (Lipinski definition) is 1. The summed E-state index contributed by atoms with van der Waals surface area (Å²) in [6, 6.07) is 27.5. The normalized spacial score (nSPS) is 12.1. The molecule has 0 fully saturated rings. The fourth-order valence-electron chi connectivity index (χ4n) is 3.82. The molecule has 0 aliphatic rings. The molecular weight excluding hydrogens is 452 g/mol. The zero-order valence-corrected chi connectivity index (χ0v) is 22.0. The smallest absolute Gasteiger partial charge is 0.243 e. The van der Waals surface area contributed by atoms with Gasteiger partial charge in [-0.1, -0.05) is 78.4 Å². The minimum absolute atomic E-state index is 0.0153. The SMILES string of the molecule is Cc1ccc(SCCC(=O)N(Cc2ccccc2)C(Cc2ccccc2)C(=O)NC(C)(C)C)cc1. The summed E-state index contributed by atoms with van der Waals surface area (Å²) >= 11 is 1.67. The number of amides is 2. The summed E-state index contributed by atoms with van der Waals surface area (Å²) in [7, 11) is 0. The fourth-order valence-corrected chi connectivity index (χ4v) is 4.66. The summed E-state index contributed by atoms with van der Waals surface area (Å²) < 4.78 is 0. The third kappa shape index (κ3) is 8.91. The lowest BCUT2D eigenvalue weighted by Gasteiger charge is -2.34. The van der Waals surface area contributed by atoms with Gasteiger partial charge >= 0.3 is 0 Å². The molecule has 0 saturated carbocycles. The predicted octanol–water partition coefficient (Wildman–Crippen LogP) is 6.03. The van der Waals surface area contributed by atoms with E-state index in [1.165, 1.54) is 5.56 Å². The van der Waals surface area contributed by atoms with Crippen molar-refractivity contribution in [3.05, 3.63) is 102 Å². The third-order valence-corrected chi connectivity index (χ3v) is 6.58. The molecule has 0 bridgehead atoms. The average molecular weight is 489 g/mol. The van der Waals surface area contributed by atoms with Crippen LogP contribution in [0, 0.1) is 6.92 Å². The van der Waals surface area contributed by atoms with Crippen LogP contribution in [0.25, 0.3) is 0 Å². The van der Waals surface area contributed by atoms with Crippen LogP contribution in [0.15, 0.2) is 89.8 Å². The summed E-state index contributed by atoms with van der Waals surface area (Å²) in [6.07, 6.45) is 0.825. The molecule has 1 atom stereocenters. The molecule has 184 valence electrons. The molecule has 0 aliphatic carbocycles. The van der Waals surface area contributed by atoms with Crippen molar-refractivity contribution in [2.24, 2.45) is 0 Å². The summed E-state index contributed by atoms with van der Waals surface area (Å²) in [4.78, 5) is 30.0. The van der Waals surface area contributed by atoms with E-state index in [9.17, 15) is 9.59 Å². The minimum Gasteiger partial charge on any atom is -0.350 e. The third-order valence-electron chi connectivity index (χ3n) is 5.57. The second kappa shape index (κ2) is 12.6. The highest BCUT2D eigenvalue weighted by Crippen LogP contribution is 2.21. The van der Waals surface area contributed by atoms with E-state index in [4.69, 9.17) is 0 Å². The molecule has 3 aromatic carbocycles. The van der Waals surface area contributed by atoms with Crippen molar-refractivity contribution in [2.45, 2.75) is 63.6 Å². The van der Waals surface area contributed by atoms with Gasteiger partial charge in [-0.15, -0.1) is 11.8 Å². The van der Waals surface area contributed by atoms with Crippen molar-refractivity contribution >= 4 is 23.6 Å². The molecule has 4 nitrogen and oxygen atoms in total. The lowest BCUT2D eigenvalue weighted by atomic mass is 10.0. The van der Waals surface area contributed by atoms with Crippen LogP contribution in [0.2, 0.25) is 0 Å². The molecule has 3 aromatic rings. The zero-order chi connectivity index (χ0) is 25.3. The number of carbonyl (C=O) groups excluding carboxylic acids is 2. The van der Waals surface area contributed by atoms with E-state index < -0.39 is 11.6 Å². The van der Waals surface area contributed by atoms with Gasteiger partial charge < -0.3 is 10.2 Å². The Balaban J connectivity index is 1.83. The molecule has 0 radical (unpaired) electrons. The number of aryl methyl sites for hydroxylation is 1. The molecule has 0 aromatic heterocycles. The first-order valence-corrected chi connectivity index (χ1v) is 13.1. The van der Waals surface area contributed by atoms with Gasteiger partial charge in [0.25, 0.3) is 0 Å². The van der Waals surface area contributed by atoms with E-state index in [1.54, 1.807) is 16.7 Å². The van der Waals surface area contributed by atoms with E-state index in [1.807, 2.05) is 81.4 Å². The van der Waals surface area contributed by atoms with Crippen LogP contribution < -0.4 is 5.32 Å². The van der Waals surface area contributed by atoms with E-state index in [-0.39, 0.29) is 11.8 Å². The lowest BCUT2D eigenvalue weighted by molar-refractivity contribution is -0.141. The van der Waals surface area contributed by atoms with Crippen LogP contribution in [0.3, 0.4) is 0 Å². The molecule has 35 heavy (non-hydrogen) atoms. The maximum absolute atomic E-state index is 13.6. The van der Waals surface area contributed by atoms with Gasteiger partial charge in [0.2, 0.25) is 11.8 Å². The topological polar surface area (TPSA) is 49.4 Å². The van der Waals surface area contributed by atoms with E-state index >= 15 is 0 Å². The maximum atomic E-state index is 13.6. The molecule has 1 unspecified atom stereocenters. The Morgan fingerprint density at radius 1 is 0.857 bits per heavy atom. The maximum Gasteiger partial charge on any atom is 0.243 e. The zero-order valence-electron chi connectivity index (χ0n) is 21.2. The van der Waals surface area contributed by atoms with Crippen LogP contribution >= 0.6 is 11.8 Å². The Morgan fingerprint density at radius 2 is 1.43 bits per heavy atom. The highest BCUT2D eigenvalue weighted by Gasteiger charge is 2.32. The summed E-state index contributed by atoms with van der Waals surface area (Å²) in [5.41, 5.74) is 2.86. The second-order valence-corrected chi connectivity index (χ2v) is 11.0. The highest BCUT2D eigenvalue weighted by atomic mass is 32.2. The van der Waals surface area contributed by atoms with Gasteiger partial charge in [0.15, 0.2) is 0 Å². The van der Waals surface area contributed by atoms with Crippen molar-refractivity contribution in [1.82, 2.24) is 10.2 Å².